The molecule has 154 valence electrons. The van der Waals surface area contributed by atoms with Crippen LogP contribution in [-0.2, 0) is 31.8 Å². The lowest BCUT2D eigenvalue weighted by molar-refractivity contribution is -0.148. The molecule has 29 heavy (non-hydrogen) atoms. The number of hydrogen-bond donors (Lipinski definition) is 2. The van der Waals surface area contributed by atoms with E-state index in [1.807, 2.05) is 30.3 Å². The summed E-state index contributed by atoms with van der Waals surface area (Å²) in [5, 5.41) is 4.87. The Bertz CT molecular complexity index is 854. The molecular formula is C20H19F3N2O4. The minimum Gasteiger partial charge on any atom is -0.456 e. The second kappa shape index (κ2) is 10.3. The van der Waals surface area contributed by atoms with Crippen LogP contribution in [0.1, 0.15) is 24.0 Å². The van der Waals surface area contributed by atoms with Gasteiger partial charge in [0.1, 0.15) is 0 Å². The highest BCUT2D eigenvalue weighted by atomic mass is 19.4. The number of anilines is 1. The van der Waals surface area contributed by atoms with Gasteiger partial charge in [-0.1, -0.05) is 36.4 Å². The molecule has 9 heteroatoms. The fourth-order valence-corrected chi connectivity index (χ4v) is 2.29. The van der Waals surface area contributed by atoms with Crippen LogP contribution in [0.15, 0.2) is 54.6 Å². The molecule has 6 nitrogen and oxygen atoms in total. The Kier molecular flexibility index (Phi) is 7.76. The maximum Gasteiger partial charge on any atom is 0.416 e. The van der Waals surface area contributed by atoms with Gasteiger partial charge in [-0.2, -0.15) is 13.2 Å². The van der Waals surface area contributed by atoms with Crippen molar-refractivity contribution in [2.45, 2.75) is 25.6 Å². The summed E-state index contributed by atoms with van der Waals surface area (Å²) in [4.78, 5) is 35.1. The van der Waals surface area contributed by atoms with Crippen molar-refractivity contribution in [1.29, 1.82) is 0 Å². The molecule has 0 aliphatic carbocycles. The van der Waals surface area contributed by atoms with Crippen molar-refractivity contribution in [3.63, 3.8) is 0 Å². The molecule has 0 bridgehead atoms. The number of halogens is 3. The molecule has 0 unspecified atom stereocenters. The van der Waals surface area contributed by atoms with Crippen molar-refractivity contribution in [2.75, 3.05) is 11.9 Å². The van der Waals surface area contributed by atoms with Crippen LogP contribution in [-0.4, -0.2) is 24.4 Å². The van der Waals surface area contributed by atoms with Crippen LogP contribution in [0.2, 0.25) is 0 Å². The molecule has 0 radical (unpaired) electrons. The average molecular weight is 408 g/mol. The summed E-state index contributed by atoms with van der Waals surface area (Å²) < 4.78 is 42.7. The number of alkyl halides is 3. The minimum atomic E-state index is -4.53. The van der Waals surface area contributed by atoms with Crippen molar-refractivity contribution in [3.8, 4) is 0 Å². The number of nitrogens with one attached hydrogen (secondary N) is 2. The number of carbonyl (C=O) groups excluding carboxylic acids is 3. The molecular weight excluding hydrogens is 389 g/mol. The molecule has 0 aliphatic heterocycles. The molecule has 0 spiro atoms. The summed E-state index contributed by atoms with van der Waals surface area (Å²) in [7, 11) is 0. The molecule has 2 aromatic carbocycles. The maximum atomic E-state index is 12.6. The summed E-state index contributed by atoms with van der Waals surface area (Å²) in [5.74, 6) is -1.90. The molecule has 2 rings (SSSR count). The molecule has 0 saturated carbocycles. The first-order valence-electron chi connectivity index (χ1n) is 8.67. The first kappa shape index (κ1) is 21.9. The molecule has 0 aromatic heterocycles. The topological polar surface area (TPSA) is 84.5 Å². The summed E-state index contributed by atoms with van der Waals surface area (Å²) >= 11 is 0. The second-order valence-corrected chi connectivity index (χ2v) is 6.05. The minimum absolute atomic E-state index is 0.0684. The lowest BCUT2D eigenvalue weighted by atomic mass is 10.2. The van der Waals surface area contributed by atoms with Crippen LogP contribution >= 0.6 is 0 Å². The maximum absolute atomic E-state index is 12.6. The molecule has 0 atom stereocenters. The van der Waals surface area contributed by atoms with Gasteiger partial charge < -0.3 is 15.4 Å². The van der Waals surface area contributed by atoms with Crippen LogP contribution in [0.4, 0.5) is 18.9 Å². The summed E-state index contributed by atoms with van der Waals surface area (Å²) in [5.41, 5.74) is -0.0651. The zero-order valence-corrected chi connectivity index (χ0v) is 15.3. The predicted molar refractivity (Wildman–Crippen MR) is 98.6 cm³/mol. The van der Waals surface area contributed by atoms with E-state index < -0.39 is 30.2 Å². The number of rotatable bonds is 8. The summed E-state index contributed by atoms with van der Waals surface area (Å²) in [6.45, 7) is -0.338. The van der Waals surface area contributed by atoms with E-state index in [1.54, 1.807) is 0 Å². The van der Waals surface area contributed by atoms with Gasteiger partial charge in [0.15, 0.2) is 6.61 Å². The number of benzene rings is 2. The highest BCUT2D eigenvalue weighted by Crippen LogP contribution is 2.30. The van der Waals surface area contributed by atoms with E-state index in [1.165, 1.54) is 6.07 Å². The van der Waals surface area contributed by atoms with E-state index in [0.717, 1.165) is 23.8 Å². The van der Waals surface area contributed by atoms with Gasteiger partial charge in [0.25, 0.3) is 5.91 Å². The first-order valence-corrected chi connectivity index (χ1v) is 8.67. The lowest BCUT2D eigenvalue weighted by Crippen LogP contribution is -2.25. The normalized spacial score (nSPS) is 10.9. The van der Waals surface area contributed by atoms with Crippen molar-refractivity contribution in [1.82, 2.24) is 5.32 Å². The number of esters is 1. The Morgan fingerprint density at radius 2 is 1.62 bits per heavy atom. The number of hydrogen-bond acceptors (Lipinski definition) is 4. The van der Waals surface area contributed by atoms with E-state index in [-0.39, 0.29) is 24.4 Å². The SMILES string of the molecule is O=C(CCC(=O)OCC(=O)Nc1cccc(C(F)(F)F)c1)NCc1ccccc1. The molecule has 0 saturated heterocycles. The third-order valence-corrected chi connectivity index (χ3v) is 3.73. The summed E-state index contributed by atoms with van der Waals surface area (Å²) in [6.07, 6.45) is -4.87. The Morgan fingerprint density at radius 3 is 2.31 bits per heavy atom. The van der Waals surface area contributed by atoms with Crippen molar-refractivity contribution >= 4 is 23.5 Å². The van der Waals surface area contributed by atoms with Gasteiger partial charge in [0, 0.05) is 18.7 Å². The Morgan fingerprint density at radius 1 is 0.897 bits per heavy atom. The molecule has 2 aromatic rings. The van der Waals surface area contributed by atoms with E-state index in [0.29, 0.717) is 6.54 Å². The Labute approximate surface area is 165 Å². The van der Waals surface area contributed by atoms with Crippen molar-refractivity contribution < 1.29 is 32.3 Å². The van der Waals surface area contributed by atoms with Gasteiger partial charge in [-0.3, -0.25) is 14.4 Å². The number of amides is 2. The van der Waals surface area contributed by atoms with Gasteiger partial charge in [0.05, 0.1) is 12.0 Å². The van der Waals surface area contributed by atoms with Gasteiger partial charge in [0.2, 0.25) is 5.91 Å². The highest BCUT2D eigenvalue weighted by molar-refractivity contribution is 5.93. The van der Waals surface area contributed by atoms with E-state index in [9.17, 15) is 27.6 Å². The van der Waals surface area contributed by atoms with Gasteiger partial charge >= 0.3 is 12.1 Å². The largest absolute Gasteiger partial charge is 0.456 e. The molecule has 2 amide bonds. The van der Waals surface area contributed by atoms with Crippen molar-refractivity contribution in [2.24, 2.45) is 0 Å². The van der Waals surface area contributed by atoms with Crippen molar-refractivity contribution in [3.05, 3.63) is 65.7 Å². The van der Waals surface area contributed by atoms with Crippen LogP contribution in [0, 0.1) is 0 Å². The molecule has 0 aliphatic rings. The predicted octanol–water partition coefficient (Wildman–Crippen LogP) is 3.28. The molecule has 2 N–H and O–H groups in total. The third kappa shape index (κ3) is 8.04. The zero-order chi connectivity index (χ0) is 21.3. The second-order valence-electron chi connectivity index (χ2n) is 6.05. The lowest BCUT2D eigenvalue weighted by Gasteiger charge is -2.10. The Hall–Kier alpha value is -3.36. The van der Waals surface area contributed by atoms with E-state index >= 15 is 0 Å². The van der Waals surface area contributed by atoms with E-state index in [2.05, 4.69) is 10.6 Å². The molecule has 0 fully saturated rings. The monoisotopic (exact) mass is 408 g/mol. The van der Waals surface area contributed by atoms with Gasteiger partial charge in [-0.15, -0.1) is 0 Å². The fraction of sp³-hybridized carbons (Fsp3) is 0.250. The highest BCUT2D eigenvalue weighted by Gasteiger charge is 2.30. The van der Waals surface area contributed by atoms with Crippen LogP contribution in [0.5, 0.6) is 0 Å². The van der Waals surface area contributed by atoms with Gasteiger partial charge in [-0.05, 0) is 23.8 Å². The molecule has 0 heterocycles. The summed E-state index contributed by atoms with van der Waals surface area (Å²) in [6, 6.07) is 13.3. The average Bonchev–Trinajstić information content (AvgIpc) is 2.69. The van der Waals surface area contributed by atoms with Crippen LogP contribution in [0.25, 0.3) is 0 Å². The number of carbonyl (C=O) groups is 3. The van der Waals surface area contributed by atoms with Crippen LogP contribution in [0.3, 0.4) is 0 Å². The van der Waals surface area contributed by atoms with Crippen LogP contribution < -0.4 is 10.6 Å². The number of ether oxygens (including phenoxy) is 1. The standard InChI is InChI=1S/C20H19F3N2O4/c21-20(22,23)15-7-4-8-16(11-15)25-18(27)13-29-19(28)10-9-17(26)24-12-14-5-2-1-3-6-14/h1-8,11H,9-10,12-13H2,(H,24,26)(H,25,27). The smallest absolute Gasteiger partial charge is 0.416 e. The fourth-order valence-electron chi connectivity index (χ4n) is 2.29. The van der Waals surface area contributed by atoms with Gasteiger partial charge in [-0.25, -0.2) is 0 Å². The third-order valence-electron chi connectivity index (χ3n) is 3.73. The van der Waals surface area contributed by atoms with E-state index in [4.69, 9.17) is 4.74 Å². The Balaban J connectivity index is 1.68. The first-order chi connectivity index (χ1) is 13.7. The quantitative estimate of drug-likeness (QED) is 0.657. The zero-order valence-electron chi connectivity index (χ0n) is 15.3.